The second-order valence-corrected chi connectivity index (χ2v) is 6.36. The van der Waals surface area contributed by atoms with Gasteiger partial charge in [0.05, 0.1) is 11.8 Å². The van der Waals surface area contributed by atoms with Crippen molar-refractivity contribution in [3.05, 3.63) is 48.5 Å². The van der Waals surface area contributed by atoms with Crippen molar-refractivity contribution in [2.75, 3.05) is 17.2 Å². The predicted molar refractivity (Wildman–Crippen MR) is 99.5 cm³/mol. The van der Waals surface area contributed by atoms with Gasteiger partial charge >= 0.3 is 0 Å². The van der Waals surface area contributed by atoms with E-state index in [4.69, 9.17) is 9.47 Å². The van der Waals surface area contributed by atoms with Gasteiger partial charge in [-0.15, -0.1) is 0 Å². The Kier molecular flexibility index (Phi) is 5.56. The molecule has 0 bridgehead atoms. The van der Waals surface area contributed by atoms with E-state index in [1.807, 2.05) is 62.4 Å². The summed E-state index contributed by atoms with van der Waals surface area (Å²) in [6.45, 7) is 4.67. The topological polar surface area (TPSA) is 59.6 Å². The molecule has 2 aromatic carbocycles. The lowest BCUT2D eigenvalue weighted by atomic mass is 10.2. The van der Waals surface area contributed by atoms with E-state index >= 15 is 0 Å². The number of anilines is 3. The van der Waals surface area contributed by atoms with E-state index in [1.54, 1.807) is 0 Å². The molecule has 0 aliphatic carbocycles. The Hall–Kier alpha value is -2.53. The third kappa shape index (κ3) is 4.73. The highest BCUT2D eigenvalue weighted by Gasteiger charge is 2.23. The highest BCUT2D eigenvalue weighted by atomic mass is 16.5. The number of amides is 1. The number of rotatable bonds is 6. The van der Waals surface area contributed by atoms with Gasteiger partial charge in [0.15, 0.2) is 0 Å². The Morgan fingerprint density at radius 1 is 1.12 bits per heavy atom. The lowest BCUT2D eigenvalue weighted by Crippen LogP contribution is -2.26. The van der Waals surface area contributed by atoms with Gasteiger partial charge in [-0.2, -0.15) is 0 Å². The van der Waals surface area contributed by atoms with Gasteiger partial charge in [-0.1, -0.05) is 12.1 Å². The quantitative estimate of drug-likeness (QED) is 0.821. The average molecular weight is 340 g/mol. The summed E-state index contributed by atoms with van der Waals surface area (Å²) in [5, 5.41) is 6.25. The minimum absolute atomic E-state index is 0.0751. The second kappa shape index (κ2) is 8.03. The van der Waals surface area contributed by atoms with Crippen molar-refractivity contribution >= 4 is 23.0 Å². The van der Waals surface area contributed by atoms with Crippen LogP contribution >= 0.6 is 0 Å². The molecule has 0 spiro atoms. The Labute approximate surface area is 148 Å². The molecular formula is C20H24N2O3. The number of nitrogens with one attached hydrogen (secondary N) is 2. The summed E-state index contributed by atoms with van der Waals surface area (Å²) in [5.74, 6) is 0.738. The molecule has 1 aliphatic rings. The smallest absolute Gasteiger partial charge is 0.253 e. The summed E-state index contributed by atoms with van der Waals surface area (Å²) in [6, 6.07) is 15.4. The van der Waals surface area contributed by atoms with Gasteiger partial charge in [-0.25, -0.2) is 0 Å². The van der Waals surface area contributed by atoms with E-state index in [1.165, 1.54) is 0 Å². The summed E-state index contributed by atoms with van der Waals surface area (Å²) in [4.78, 5) is 12.1. The van der Waals surface area contributed by atoms with Crippen molar-refractivity contribution < 1.29 is 14.3 Å². The number of hydrogen-bond donors (Lipinski definition) is 2. The van der Waals surface area contributed by atoms with Crippen LogP contribution in [0.3, 0.4) is 0 Å². The Morgan fingerprint density at radius 3 is 2.52 bits per heavy atom. The summed E-state index contributed by atoms with van der Waals surface area (Å²) in [7, 11) is 0. The average Bonchev–Trinajstić information content (AvgIpc) is 3.13. The van der Waals surface area contributed by atoms with Crippen LogP contribution in [0.2, 0.25) is 0 Å². The molecule has 2 N–H and O–H groups in total. The van der Waals surface area contributed by atoms with Crippen molar-refractivity contribution in [1.82, 2.24) is 0 Å². The van der Waals surface area contributed by atoms with Crippen molar-refractivity contribution in [3.8, 4) is 5.75 Å². The fourth-order valence-electron chi connectivity index (χ4n) is 2.73. The first kappa shape index (κ1) is 17.3. The lowest BCUT2D eigenvalue weighted by molar-refractivity contribution is -0.124. The lowest BCUT2D eigenvalue weighted by Gasteiger charge is -2.16. The Morgan fingerprint density at radius 2 is 1.84 bits per heavy atom. The van der Waals surface area contributed by atoms with Crippen molar-refractivity contribution in [2.45, 2.75) is 38.9 Å². The van der Waals surface area contributed by atoms with Gasteiger partial charge in [-0.3, -0.25) is 4.79 Å². The maximum atomic E-state index is 12.1. The van der Waals surface area contributed by atoms with Gasteiger partial charge in [0.1, 0.15) is 11.9 Å². The van der Waals surface area contributed by atoms with E-state index in [-0.39, 0.29) is 18.1 Å². The summed E-state index contributed by atoms with van der Waals surface area (Å²) in [5.41, 5.74) is 2.60. The van der Waals surface area contributed by atoms with E-state index in [9.17, 15) is 4.79 Å². The van der Waals surface area contributed by atoms with Crippen molar-refractivity contribution in [2.24, 2.45) is 0 Å². The summed E-state index contributed by atoms with van der Waals surface area (Å²) in [6.07, 6.45) is 1.52. The van der Waals surface area contributed by atoms with Crippen LogP contribution in [0.25, 0.3) is 0 Å². The second-order valence-electron chi connectivity index (χ2n) is 6.36. The van der Waals surface area contributed by atoms with Crippen LogP contribution in [0.5, 0.6) is 5.75 Å². The zero-order valence-electron chi connectivity index (χ0n) is 14.6. The third-order valence-corrected chi connectivity index (χ3v) is 3.90. The van der Waals surface area contributed by atoms with E-state index in [2.05, 4.69) is 10.6 Å². The molecule has 1 heterocycles. The molecule has 0 radical (unpaired) electrons. The Balaban J connectivity index is 1.64. The zero-order valence-corrected chi connectivity index (χ0v) is 14.6. The first-order valence-electron chi connectivity index (χ1n) is 8.67. The molecule has 2 aromatic rings. The third-order valence-electron chi connectivity index (χ3n) is 3.90. The van der Waals surface area contributed by atoms with Crippen LogP contribution in [0.15, 0.2) is 48.5 Å². The van der Waals surface area contributed by atoms with Crippen LogP contribution < -0.4 is 15.4 Å². The number of para-hydroxylation sites is 2. The van der Waals surface area contributed by atoms with Crippen LogP contribution in [-0.2, 0) is 9.53 Å². The highest BCUT2D eigenvalue weighted by Crippen LogP contribution is 2.28. The molecular weight excluding hydrogens is 316 g/mol. The van der Waals surface area contributed by atoms with Gasteiger partial charge in [-0.05, 0) is 63.1 Å². The molecule has 1 saturated heterocycles. The number of carbonyl (C=O) groups is 1. The molecule has 25 heavy (non-hydrogen) atoms. The normalized spacial score (nSPS) is 16.7. The van der Waals surface area contributed by atoms with Crippen LogP contribution in [0, 0.1) is 0 Å². The van der Waals surface area contributed by atoms with E-state index < -0.39 is 0 Å². The number of benzene rings is 2. The van der Waals surface area contributed by atoms with Gasteiger partial charge in [0.2, 0.25) is 0 Å². The van der Waals surface area contributed by atoms with Gasteiger partial charge < -0.3 is 20.1 Å². The first-order chi connectivity index (χ1) is 12.1. The molecule has 5 heteroatoms. The maximum Gasteiger partial charge on any atom is 0.253 e. The molecule has 1 atom stereocenters. The number of carbonyl (C=O) groups excluding carboxylic acids is 1. The molecule has 1 aliphatic heterocycles. The van der Waals surface area contributed by atoms with Crippen LogP contribution in [0.1, 0.15) is 26.7 Å². The van der Waals surface area contributed by atoms with Gasteiger partial charge in [0, 0.05) is 18.0 Å². The molecule has 0 saturated carbocycles. The summed E-state index contributed by atoms with van der Waals surface area (Å²) >= 11 is 0. The minimum Gasteiger partial charge on any atom is -0.489 e. The van der Waals surface area contributed by atoms with Crippen LogP contribution in [-0.4, -0.2) is 24.7 Å². The molecule has 1 unspecified atom stereocenters. The largest absolute Gasteiger partial charge is 0.489 e. The number of hydrogen-bond acceptors (Lipinski definition) is 4. The Bertz CT molecular complexity index is 707. The standard InChI is InChI=1S/C20H24N2O3/c1-14(2)25-18-7-4-3-6-17(18)21-15-9-11-16(12-10-15)22-20(23)19-8-5-13-24-19/h3-4,6-7,9-12,14,19,21H,5,8,13H2,1-2H3,(H,22,23). The van der Waals surface area contributed by atoms with Crippen LogP contribution in [0.4, 0.5) is 17.1 Å². The SMILES string of the molecule is CC(C)Oc1ccccc1Nc1ccc(NC(=O)C2CCCO2)cc1. The minimum atomic E-state index is -0.321. The molecule has 1 amide bonds. The van der Waals surface area contributed by atoms with Gasteiger partial charge in [0.25, 0.3) is 5.91 Å². The monoisotopic (exact) mass is 340 g/mol. The maximum absolute atomic E-state index is 12.1. The van der Waals surface area contributed by atoms with E-state index in [0.717, 1.165) is 35.7 Å². The van der Waals surface area contributed by atoms with Crippen molar-refractivity contribution in [3.63, 3.8) is 0 Å². The number of ether oxygens (including phenoxy) is 2. The molecule has 0 aromatic heterocycles. The molecule has 5 nitrogen and oxygen atoms in total. The molecule has 132 valence electrons. The van der Waals surface area contributed by atoms with Crippen molar-refractivity contribution in [1.29, 1.82) is 0 Å². The first-order valence-corrected chi connectivity index (χ1v) is 8.67. The zero-order chi connectivity index (χ0) is 17.6. The fraction of sp³-hybridized carbons (Fsp3) is 0.350. The molecule has 1 fully saturated rings. The van der Waals surface area contributed by atoms with E-state index in [0.29, 0.717) is 6.61 Å². The summed E-state index contributed by atoms with van der Waals surface area (Å²) < 4.78 is 11.2. The fourth-order valence-corrected chi connectivity index (χ4v) is 2.73. The highest BCUT2D eigenvalue weighted by molar-refractivity contribution is 5.94. The molecule has 3 rings (SSSR count). The predicted octanol–water partition coefficient (Wildman–Crippen LogP) is 4.33.